The fraction of sp³-hybridized carbons (Fsp3) is 0.235. The highest BCUT2D eigenvalue weighted by Crippen LogP contribution is 2.29. The van der Waals surface area contributed by atoms with E-state index < -0.39 is 0 Å². The number of hydrogen-bond donors (Lipinski definition) is 2. The molecule has 2 rings (SSSR count). The molecule has 0 aliphatic carbocycles. The first kappa shape index (κ1) is 19.1. The van der Waals surface area contributed by atoms with E-state index in [2.05, 4.69) is 27.8 Å². The predicted molar refractivity (Wildman–Crippen MR) is 105 cm³/mol. The van der Waals surface area contributed by atoms with Gasteiger partial charge in [0.25, 0.3) is 0 Å². The Morgan fingerprint density at radius 1 is 1.00 bits per heavy atom. The van der Waals surface area contributed by atoms with Gasteiger partial charge < -0.3 is 20.1 Å². The highest BCUT2D eigenvalue weighted by atomic mass is 127. The molecule has 124 valence electrons. The number of rotatable bonds is 5. The highest BCUT2D eigenvalue weighted by molar-refractivity contribution is 14.0. The zero-order chi connectivity index (χ0) is 15.8. The van der Waals surface area contributed by atoms with Crippen molar-refractivity contribution >= 4 is 35.6 Å². The number of hydrogen-bond acceptors (Lipinski definition) is 3. The van der Waals surface area contributed by atoms with Crippen molar-refractivity contribution in [1.82, 2.24) is 5.32 Å². The lowest BCUT2D eigenvalue weighted by Gasteiger charge is -2.14. The summed E-state index contributed by atoms with van der Waals surface area (Å²) >= 11 is 0. The molecule has 5 nitrogen and oxygen atoms in total. The Bertz CT molecular complexity index is 633. The molecular weight excluding hydrogens is 405 g/mol. The summed E-state index contributed by atoms with van der Waals surface area (Å²) in [6, 6.07) is 15.8. The molecule has 0 amide bonds. The molecule has 0 fully saturated rings. The van der Waals surface area contributed by atoms with Crippen molar-refractivity contribution in [2.24, 2.45) is 4.99 Å². The molecule has 2 aromatic rings. The van der Waals surface area contributed by atoms with Gasteiger partial charge in [-0.1, -0.05) is 30.3 Å². The molecule has 0 heterocycles. The molecule has 0 aromatic heterocycles. The first-order chi connectivity index (χ1) is 10.8. The number of halogens is 1. The van der Waals surface area contributed by atoms with Crippen LogP contribution in [-0.4, -0.2) is 27.2 Å². The van der Waals surface area contributed by atoms with E-state index in [1.165, 1.54) is 5.56 Å². The first-order valence-corrected chi connectivity index (χ1v) is 7.00. The Labute approximate surface area is 154 Å². The number of anilines is 1. The smallest absolute Gasteiger partial charge is 0.195 e. The van der Waals surface area contributed by atoms with Crippen molar-refractivity contribution in [2.45, 2.75) is 6.54 Å². The van der Waals surface area contributed by atoms with Gasteiger partial charge in [0.1, 0.15) is 0 Å². The van der Waals surface area contributed by atoms with Crippen molar-refractivity contribution in [3.8, 4) is 11.5 Å². The molecule has 0 atom stereocenters. The van der Waals surface area contributed by atoms with Gasteiger partial charge in [0, 0.05) is 25.3 Å². The van der Waals surface area contributed by atoms with Gasteiger partial charge in [0.05, 0.1) is 14.2 Å². The number of nitrogens with zero attached hydrogens (tertiary/aromatic N) is 1. The number of aliphatic imine (C=N–C) groups is 1. The van der Waals surface area contributed by atoms with Gasteiger partial charge in [-0.3, -0.25) is 4.99 Å². The molecule has 23 heavy (non-hydrogen) atoms. The van der Waals surface area contributed by atoms with Crippen LogP contribution in [0.3, 0.4) is 0 Å². The van der Waals surface area contributed by atoms with Gasteiger partial charge in [-0.05, 0) is 17.7 Å². The average molecular weight is 427 g/mol. The Morgan fingerprint density at radius 2 is 1.70 bits per heavy atom. The number of guanidine groups is 1. The minimum Gasteiger partial charge on any atom is -0.493 e. The summed E-state index contributed by atoms with van der Waals surface area (Å²) in [6.07, 6.45) is 0. The van der Waals surface area contributed by atoms with E-state index in [-0.39, 0.29) is 24.0 Å². The molecule has 0 spiro atoms. The topological polar surface area (TPSA) is 54.9 Å². The summed E-state index contributed by atoms with van der Waals surface area (Å²) in [6.45, 7) is 0.702. The van der Waals surface area contributed by atoms with Gasteiger partial charge in [0.15, 0.2) is 17.5 Å². The minimum absolute atomic E-state index is 0. The molecule has 0 aliphatic rings. The van der Waals surface area contributed by atoms with Crippen LogP contribution in [0.5, 0.6) is 11.5 Å². The molecular formula is C17H22IN3O2. The lowest BCUT2D eigenvalue weighted by molar-refractivity contribution is 0.355. The second-order valence-electron chi connectivity index (χ2n) is 4.61. The molecule has 0 aliphatic heterocycles. The molecule has 2 N–H and O–H groups in total. The van der Waals surface area contributed by atoms with E-state index >= 15 is 0 Å². The van der Waals surface area contributed by atoms with Crippen LogP contribution in [0.2, 0.25) is 0 Å². The molecule has 0 saturated carbocycles. The number of ether oxygens (including phenoxy) is 2. The van der Waals surface area contributed by atoms with E-state index in [9.17, 15) is 0 Å². The lowest BCUT2D eigenvalue weighted by atomic mass is 10.2. The van der Waals surface area contributed by atoms with E-state index in [1.807, 2.05) is 36.4 Å². The molecule has 0 radical (unpaired) electrons. The SMILES string of the molecule is CN=C(NCc1ccccc1)Nc1ccc(OC)c(OC)c1.I. The Balaban J connectivity index is 0.00000264. The van der Waals surface area contributed by atoms with Gasteiger partial charge in [-0.15, -0.1) is 24.0 Å². The van der Waals surface area contributed by atoms with E-state index in [4.69, 9.17) is 9.47 Å². The third-order valence-corrected chi connectivity index (χ3v) is 3.17. The van der Waals surface area contributed by atoms with Crippen molar-refractivity contribution < 1.29 is 9.47 Å². The highest BCUT2D eigenvalue weighted by Gasteiger charge is 2.06. The van der Waals surface area contributed by atoms with Crippen LogP contribution in [0.1, 0.15) is 5.56 Å². The summed E-state index contributed by atoms with van der Waals surface area (Å²) < 4.78 is 10.5. The van der Waals surface area contributed by atoms with Crippen molar-refractivity contribution in [3.63, 3.8) is 0 Å². The van der Waals surface area contributed by atoms with E-state index in [1.54, 1.807) is 21.3 Å². The van der Waals surface area contributed by atoms with Crippen LogP contribution in [0, 0.1) is 0 Å². The molecule has 0 saturated heterocycles. The zero-order valence-electron chi connectivity index (χ0n) is 13.5. The maximum Gasteiger partial charge on any atom is 0.195 e. The number of benzene rings is 2. The molecule has 0 bridgehead atoms. The predicted octanol–water partition coefficient (Wildman–Crippen LogP) is 3.51. The van der Waals surface area contributed by atoms with E-state index in [0.29, 0.717) is 24.0 Å². The third-order valence-electron chi connectivity index (χ3n) is 3.17. The summed E-state index contributed by atoms with van der Waals surface area (Å²) in [5, 5.41) is 6.50. The molecule has 0 unspecified atom stereocenters. The van der Waals surface area contributed by atoms with Crippen LogP contribution in [0.25, 0.3) is 0 Å². The second kappa shape index (κ2) is 9.94. The largest absolute Gasteiger partial charge is 0.493 e. The van der Waals surface area contributed by atoms with E-state index in [0.717, 1.165) is 5.69 Å². The summed E-state index contributed by atoms with van der Waals surface area (Å²) in [5.41, 5.74) is 2.07. The van der Waals surface area contributed by atoms with Crippen molar-refractivity contribution in [1.29, 1.82) is 0 Å². The molecule has 6 heteroatoms. The monoisotopic (exact) mass is 427 g/mol. The standard InChI is InChI=1S/C17H21N3O2.HI/c1-18-17(19-12-13-7-5-4-6-8-13)20-14-9-10-15(21-2)16(11-14)22-3;/h4-11H,12H2,1-3H3,(H2,18,19,20);1H. The quantitative estimate of drug-likeness (QED) is 0.436. The third kappa shape index (κ3) is 5.63. The van der Waals surface area contributed by atoms with Crippen LogP contribution in [-0.2, 0) is 6.54 Å². The maximum atomic E-state index is 5.30. The zero-order valence-corrected chi connectivity index (χ0v) is 15.8. The van der Waals surface area contributed by atoms with Crippen LogP contribution >= 0.6 is 24.0 Å². The Morgan fingerprint density at radius 3 is 2.30 bits per heavy atom. The summed E-state index contributed by atoms with van der Waals surface area (Å²) in [5.74, 6) is 2.06. The fourth-order valence-electron chi connectivity index (χ4n) is 2.01. The van der Waals surface area contributed by atoms with Gasteiger partial charge in [-0.25, -0.2) is 0 Å². The first-order valence-electron chi connectivity index (χ1n) is 7.00. The van der Waals surface area contributed by atoms with Crippen LogP contribution < -0.4 is 20.1 Å². The van der Waals surface area contributed by atoms with Crippen LogP contribution in [0.4, 0.5) is 5.69 Å². The lowest BCUT2D eigenvalue weighted by Crippen LogP contribution is -2.30. The maximum absolute atomic E-state index is 5.30. The van der Waals surface area contributed by atoms with Crippen molar-refractivity contribution in [3.05, 3.63) is 54.1 Å². The second-order valence-corrected chi connectivity index (χ2v) is 4.61. The van der Waals surface area contributed by atoms with Gasteiger partial charge in [-0.2, -0.15) is 0 Å². The fourth-order valence-corrected chi connectivity index (χ4v) is 2.01. The van der Waals surface area contributed by atoms with Crippen molar-refractivity contribution in [2.75, 3.05) is 26.6 Å². The number of methoxy groups -OCH3 is 2. The number of nitrogens with one attached hydrogen (secondary N) is 2. The summed E-state index contributed by atoms with van der Waals surface area (Å²) in [4.78, 5) is 4.22. The normalized spacial score (nSPS) is 10.5. The Kier molecular flexibility index (Phi) is 8.25. The minimum atomic E-state index is 0. The van der Waals surface area contributed by atoms with Gasteiger partial charge in [0.2, 0.25) is 0 Å². The van der Waals surface area contributed by atoms with Gasteiger partial charge >= 0.3 is 0 Å². The Hall–Kier alpha value is -1.96. The molecule has 2 aromatic carbocycles. The summed E-state index contributed by atoms with van der Waals surface area (Å²) in [7, 11) is 4.97. The van der Waals surface area contributed by atoms with Crippen LogP contribution in [0.15, 0.2) is 53.5 Å². The average Bonchev–Trinajstić information content (AvgIpc) is 2.59.